The molecular weight excluding hydrogens is 282 g/mol. The lowest BCUT2D eigenvalue weighted by Gasteiger charge is -2.37. The first-order valence-corrected chi connectivity index (χ1v) is 8.92. The number of nitrogens with one attached hydrogen (secondary N) is 1. The van der Waals surface area contributed by atoms with E-state index >= 15 is 0 Å². The van der Waals surface area contributed by atoms with Gasteiger partial charge >= 0.3 is 0 Å². The van der Waals surface area contributed by atoms with Crippen LogP contribution in [0.15, 0.2) is 18.2 Å². The molecule has 1 N–H and O–H groups in total. The molecule has 0 fully saturated rings. The standard InChI is InChI=1S/C17H27NO2S/c1-5-21-10-6-9-19-13-7-8-14-15(18-4)12-17(2,3)20-16(14)11-13/h7-8,11,15,18H,5-6,9-10,12H2,1-4H3. The monoisotopic (exact) mass is 309 g/mol. The maximum Gasteiger partial charge on any atom is 0.128 e. The van der Waals surface area contributed by atoms with E-state index in [0.717, 1.165) is 36.7 Å². The number of rotatable bonds is 7. The van der Waals surface area contributed by atoms with Gasteiger partial charge in [-0.25, -0.2) is 0 Å². The van der Waals surface area contributed by atoms with Crippen molar-refractivity contribution >= 4 is 11.8 Å². The van der Waals surface area contributed by atoms with Crippen LogP contribution in [0.1, 0.15) is 45.2 Å². The molecule has 2 rings (SSSR count). The van der Waals surface area contributed by atoms with Crippen molar-refractivity contribution in [2.45, 2.75) is 45.3 Å². The van der Waals surface area contributed by atoms with E-state index in [4.69, 9.17) is 9.47 Å². The normalized spacial score (nSPS) is 19.7. The minimum atomic E-state index is -0.142. The van der Waals surface area contributed by atoms with Gasteiger partial charge in [0.15, 0.2) is 0 Å². The zero-order valence-corrected chi connectivity index (χ0v) is 14.4. The number of hydrogen-bond donors (Lipinski definition) is 1. The Morgan fingerprint density at radius 3 is 2.95 bits per heavy atom. The quantitative estimate of drug-likeness (QED) is 0.770. The summed E-state index contributed by atoms with van der Waals surface area (Å²) in [5.41, 5.74) is 1.09. The van der Waals surface area contributed by atoms with Crippen LogP contribution in [-0.2, 0) is 0 Å². The van der Waals surface area contributed by atoms with Crippen molar-refractivity contribution in [1.29, 1.82) is 0 Å². The Labute approximate surface area is 132 Å². The van der Waals surface area contributed by atoms with Gasteiger partial charge in [-0.2, -0.15) is 11.8 Å². The van der Waals surface area contributed by atoms with Crippen LogP contribution in [0.3, 0.4) is 0 Å². The van der Waals surface area contributed by atoms with Crippen molar-refractivity contribution < 1.29 is 9.47 Å². The van der Waals surface area contributed by atoms with Crippen LogP contribution in [0.2, 0.25) is 0 Å². The van der Waals surface area contributed by atoms with E-state index in [9.17, 15) is 0 Å². The Bertz CT molecular complexity index is 462. The van der Waals surface area contributed by atoms with E-state index in [1.165, 1.54) is 11.3 Å². The van der Waals surface area contributed by atoms with E-state index in [0.29, 0.717) is 6.04 Å². The van der Waals surface area contributed by atoms with Crippen LogP contribution in [0.4, 0.5) is 0 Å². The lowest BCUT2D eigenvalue weighted by atomic mass is 9.90. The average molecular weight is 309 g/mol. The largest absolute Gasteiger partial charge is 0.493 e. The topological polar surface area (TPSA) is 30.5 Å². The average Bonchev–Trinajstić information content (AvgIpc) is 2.44. The van der Waals surface area contributed by atoms with E-state index in [1.54, 1.807) is 0 Å². The summed E-state index contributed by atoms with van der Waals surface area (Å²) in [5.74, 6) is 4.19. The third-order valence-electron chi connectivity index (χ3n) is 3.70. The molecule has 3 nitrogen and oxygen atoms in total. The van der Waals surface area contributed by atoms with Gasteiger partial charge in [-0.05, 0) is 44.9 Å². The van der Waals surface area contributed by atoms with Crippen molar-refractivity contribution in [2.75, 3.05) is 25.2 Å². The molecule has 1 atom stereocenters. The van der Waals surface area contributed by atoms with Gasteiger partial charge in [0, 0.05) is 24.1 Å². The molecule has 0 spiro atoms. The molecule has 0 aromatic heterocycles. The first-order chi connectivity index (χ1) is 10.1. The van der Waals surface area contributed by atoms with Gasteiger partial charge < -0.3 is 14.8 Å². The number of benzene rings is 1. The smallest absolute Gasteiger partial charge is 0.128 e. The van der Waals surface area contributed by atoms with Crippen LogP contribution in [0, 0.1) is 0 Å². The summed E-state index contributed by atoms with van der Waals surface area (Å²) in [4.78, 5) is 0. The van der Waals surface area contributed by atoms with Gasteiger partial charge in [-0.3, -0.25) is 0 Å². The van der Waals surface area contributed by atoms with Gasteiger partial charge in [-0.15, -0.1) is 0 Å². The van der Waals surface area contributed by atoms with Crippen LogP contribution in [-0.4, -0.2) is 30.8 Å². The fourth-order valence-electron chi connectivity index (χ4n) is 2.67. The van der Waals surface area contributed by atoms with Gasteiger partial charge in [0.1, 0.15) is 17.1 Å². The van der Waals surface area contributed by atoms with Gasteiger partial charge in [-0.1, -0.05) is 13.0 Å². The summed E-state index contributed by atoms with van der Waals surface area (Å²) in [6.07, 6.45) is 2.06. The molecule has 1 heterocycles. The molecule has 1 aliphatic heterocycles. The summed E-state index contributed by atoms with van der Waals surface area (Å²) in [6.45, 7) is 7.22. The molecule has 1 unspecified atom stereocenters. The van der Waals surface area contributed by atoms with E-state index in [1.807, 2.05) is 24.9 Å². The third-order valence-corrected chi connectivity index (χ3v) is 4.68. The summed E-state index contributed by atoms with van der Waals surface area (Å²) in [6, 6.07) is 6.56. The zero-order valence-electron chi connectivity index (χ0n) is 13.6. The molecule has 1 aromatic carbocycles. The van der Waals surface area contributed by atoms with Crippen molar-refractivity contribution in [1.82, 2.24) is 5.32 Å². The lowest BCUT2D eigenvalue weighted by Crippen LogP contribution is -2.38. The minimum Gasteiger partial charge on any atom is -0.493 e. The Morgan fingerprint density at radius 2 is 2.24 bits per heavy atom. The molecule has 0 radical (unpaired) electrons. The highest BCUT2D eigenvalue weighted by Crippen LogP contribution is 2.40. The highest BCUT2D eigenvalue weighted by Gasteiger charge is 2.33. The predicted octanol–water partition coefficient (Wildman–Crippen LogP) is 4.03. The van der Waals surface area contributed by atoms with Crippen LogP contribution < -0.4 is 14.8 Å². The second-order valence-corrected chi connectivity index (χ2v) is 7.40. The molecule has 1 aromatic rings. The lowest BCUT2D eigenvalue weighted by molar-refractivity contribution is 0.0671. The Morgan fingerprint density at radius 1 is 1.43 bits per heavy atom. The molecule has 0 saturated carbocycles. The number of ether oxygens (including phenoxy) is 2. The third kappa shape index (κ3) is 4.55. The van der Waals surface area contributed by atoms with Gasteiger partial charge in [0.2, 0.25) is 0 Å². The molecule has 0 aliphatic carbocycles. The molecule has 0 saturated heterocycles. The van der Waals surface area contributed by atoms with Crippen LogP contribution in [0.25, 0.3) is 0 Å². The molecule has 21 heavy (non-hydrogen) atoms. The highest BCUT2D eigenvalue weighted by atomic mass is 32.2. The number of hydrogen-bond acceptors (Lipinski definition) is 4. The minimum absolute atomic E-state index is 0.142. The van der Waals surface area contributed by atoms with Crippen molar-refractivity contribution in [3.8, 4) is 11.5 Å². The molecule has 0 amide bonds. The second kappa shape index (κ2) is 7.41. The maximum absolute atomic E-state index is 6.11. The Balaban J connectivity index is 2.01. The van der Waals surface area contributed by atoms with Crippen LogP contribution >= 0.6 is 11.8 Å². The molecule has 0 bridgehead atoms. The predicted molar refractivity (Wildman–Crippen MR) is 90.7 cm³/mol. The number of fused-ring (bicyclic) bond motifs is 1. The molecule has 1 aliphatic rings. The summed E-state index contributed by atoms with van der Waals surface area (Å²) in [5, 5.41) is 3.38. The van der Waals surface area contributed by atoms with Crippen LogP contribution in [0.5, 0.6) is 11.5 Å². The Kier molecular flexibility index (Phi) is 5.82. The molecule has 118 valence electrons. The molecular formula is C17H27NO2S. The fourth-order valence-corrected chi connectivity index (χ4v) is 3.29. The number of thioether (sulfide) groups is 1. The Hall–Kier alpha value is -0.870. The first-order valence-electron chi connectivity index (χ1n) is 7.76. The summed E-state index contributed by atoms with van der Waals surface area (Å²) in [7, 11) is 2.01. The summed E-state index contributed by atoms with van der Waals surface area (Å²) < 4.78 is 12.0. The van der Waals surface area contributed by atoms with E-state index in [2.05, 4.69) is 38.2 Å². The maximum atomic E-state index is 6.11. The summed E-state index contributed by atoms with van der Waals surface area (Å²) >= 11 is 1.96. The zero-order chi connectivity index (χ0) is 15.3. The fraction of sp³-hybridized carbons (Fsp3) is 0.647. The SMILES string of the molecule is CCSCCCOc1ccc2c(c1)OC(C)(C)CC2NC. The van der Waals surface area contributed by atoms with Crippen molar-refractivity contribution in [3.05, 3.63) is 23.8 Å². The van der Waals surface area contributed by atoms with Crippen molar-refractivity contribution in [3.63, 3.8) is 0 Å². The van der Waals surface area contributed by atoms with Gasteiger partial charge in [0.25, 0.3) is 0 Å². The second-order valence-electron chi connectivity index (χ2n) is 6.01. The first kappa shape index (κ1) is 16.5. The highest BCUT2D eigenvalue weighted by molar-refractivity contribution is 7.99. The van der Waals surface area contributed by atoms with Crippen molar-refractivity contribution in [2.24, 2.45) is 0 Å². The van der Waals surface area contributed by atoms with E-state index in [-0.39, 0.29) is 5.60 Å². The van der Waals surface area contributed by atoms with Gasteiger partial charge in [0.05, 0.1) is 6.61 Å². The van der Waals surface area contributed by atoms with E-state index < -0.39 is 0 Å². The molecule has 4 heteroatoms.